The van der Waals surface area contributed by atoms with Crippen LogP contribution in [0.3, 0.4) is 0 Å². The third-order valence-electron chi connectivity index (χ3n) is 6.11. The van der Waals surface area contributed by atoms with Crippen molar-refractivity contribution in [2.24, 2.45) is 0 Å². The van der Waals surface area contributed by atoms with Crippen LogP contribution >= 0.6 is 0 Å². The van der Waals surface area contributed by atoms with Gasteiger partial charge in [-0.15, -0.1) is 0 Å². The fraction of sp³-hybridized carbons (Fsp3) is 0.200. The van der Waals surface area contributed by atoms with E-state index in [0.717, 1.165) is 12.1 Å². The lowest BCUT2D eigenvalue weighted by molar-refractivity contribution is 0.0643. The molecule has 0 radical (unpaired) electrons. The summed E-state index contributed by atoms with van der Waals surface area (Å²) in [6.45, 7) is 1.78. The van der Waals surface area contributed by atoms with Crippen LogP contribution in [0.5, 0.6) is 11.5 Å². The lowest BCUT2D eigenvalue weighted by Crippen LogP contribution is -2.57. The van der Waals surface area contributed by atoms with Crippen molar-refractivity contribution in [1.82, 2.24) is 9.58 Å². The third-order valence-corrected chi connectivity index (χ3v) is 6.11. The van der Waals surface area contributed by atoms with Gasteiger partial charge in [-0.2, -0.15) is 4.39 Å². The zero-order valence-corrected chi connectivity index (χ0v) is 18.2. The molecule has 1 amide bonds. The SMILES string of the molecule is C[C@H]1/C=C/COc2c(ccc(F)c2F)[C@H](c2ccccc2)N2CN1C(=O)c1c(O)c(=O)ccn12. The van der Waals surface area contributed by atoms with Crippen LogP contribution in [0.25, 0.3) is 0 Å². The van der Waals surface area contributed by atoms with Crippen LogP contribution in [0.15, 0.2) is 71.7 Å². The number of nitrogens with zero attached hydrogens (tertiary/aromatic N) is 3. The summed E-state index contributed by atoms with van der Waals surface area (Å²) in [5.74, 6) is -3.62. The second kappa shape index (κ2) is 8.33. The van der Waals surface area contributed by atoms with Gasteiger partial charge in [-0.1, -0.05) is 36.4 Å². The van der Waals surface area contributed by atoms with Crippen LogP contribution < -0.4 is 15.2 Å². The Kier molecular flexibility index (Phi) is 5.31. The molecule has 3 heterocycles. The van der Waals surface area contributed by atoms with Crippen molar-refractivity contribution in [3.8, 4) is 11.5 Å². The molecule has 0 saturated carbocycles. The van der Waals surface area contributed by atoms with Crippen LogP contribution in [0.2, 0.25) is 0 Å². The molecule has 34 heavy (non-hydrogen) atoms. The Morgan fingerprint density at radius 2 is 1.82 bits per heavy atom. The number of amides is 1. The molecule has 0 spiro atoms. The highest BCUT2D eigenvalue weighted by Crippen LogP contribution is 2.39. The molecule has 0 fully saturated rings. The first-order valence-electron chi connectivity index (χ1n) is 10.7. The van der Waals surface area contributed by atoms with E-state index in [4.69, 9.17) is 4.74 Å². The fourth-order valence-corrected chi connectivity index (χ4v) is 4.42. The van der Waals surface area contributed by atoms with Gasteiger partial charge in [0.1, 0.15) is 19.3 Å². The Morgan fingerprint density at radius 1 is 1.06 bits per heavy atom. The molecule has 2 aliphatic rings. The molecule has 3 aromatic rings. The smallest absolute Gasteiger partial charge is 0.278 e. The van der Waals surface area contributed by atoms with Crippen LogP contribution in [0, 0.1) is 11.6 Å². The van der Waals surface area contributed by atoms with Crippen molar-refractivity contribution in [1.29, 1.82) is 0 Å². The van der Waals surface area contributed by atoms with Crippen molar-refractivity contribution < 1.29 is 23.4 Å². The zero-order valence-electron chi connectivity index (χ0n) is 18.2. The predicted molar refractivity (Wildman–Crippen MR) is 120 cm³/mol. The summed E-state index contributed by atoms with van der Waals surface area (Å²) in [5, 5.41) is 12.3. The first kappa shape index (κ1) is 21.7. The van der Waals surface area contributed by atoms with Crippen molar-refractivity contribution in [2.75, 3.05) is 18.3 Å². The Bertz CT molecular complexity index is 1360. The largest absolute Gasteiger partial charge is 0.502 e. The normalized spacial score (nSPS) is 20.6. The molecule has 1 N–H and O–H groups in total. The van der Waals surface area contributed by atoms with Crippen LogP contribution in [-0.2, 0) is 0 Å². The Labute approximate surface area is 193 Å². The molecule has 7 nitrogen and oxygen atoms in total. The number of rotatable bonds is 1. The van der Waals surface area contributed by atoms with Gasteiger partial charge in [0.25, 0.3) is 5.91 Å². The van der Waals surface area contributed by atoms with Crippen molar-refractivity contribution in [3.05, 3.63) is 106 Å². The molecule has 1 aromatic heterocycles. The van der Waals surface area contributed by atoms with E-state index in [9.17, 15) is 23.5 Å². The number of fused-ring (bicyclic) bond motifs is 5. The minimum Gasteiger partial charge on any atom is -0.502 e. The molecule has 2 atom stereocenters. The van der Waals surface area contributed by atoms with Crippen molar-refractivity contribution >= 4 is 5.91 Å². The van der Waals surface area contributed by atoms with Gasteiger partial charge < -0.3 is 14.7 Å². The average Bonchev–Trinajstić information content (AvgIpc) is 2.86. The van der Waals surface area contributed by atoms with Crippen molar-refractivity contribution in [2.45, 2.75) is 19.0 Å². The summed E-state index contributed by atoms with van der Waals surface area (Å²) in [6, 6.07) is 11.5. The van der Waals surface area contributed by atoms with E-state index in [1.807, 2.05) is 30.3 Å². The number of hydrogen-bond acceptors (Lipinski definition) is 5. The summed E-state index contributed by atoms with van der Waals surface area (Å²) in [6.07, 6.45) is 4.71. The van der Waals surface area contributed by atoms with Gasteiger partial charge in [-0.05, 0) is 30.7 Å². The van der Waals surface area contributed by atoms with Gasteiger partial charge in [0, 0.05) is 23.9 Å². The molecule has 0 unspecified atom stereocenters. The number of hydrogen-bond donors (Lipinski definition) is 1. The molecule has 9 heteroatoms. The zero-order chi connectivity index (χ0) is 24.0. The maximum Gasteiger partial charge on any atom is 0.278 e. The molecule has 2 aliphatic heterocycles. The molecule has 0 aliphatic carbocycles. The van der Waals surface area contributed by atoms with Crippen molar-refractivity contribution in [3.63, 3.8) is 0 Å². The van der Waals surface area contributed by atoms with E-state index >= 15 is 0 Å². The number of aromatic nitrogens is 1. The molecule has 2 aromatic carbocycles. The minimum atomic E-state index is -1.12. The first-order chi connectivity index (χ1) is 16.4. The lowest BCUT2D eigenvalue weighted by atomic mass is 9.96. The monoisotopic (exact) mass is 465 g/mol. The number of carbonyl (C=O) groups excluding carboxylic acids is 1. The Hall–Kier alpha value is -4.14. The molecule has 174 valence electrons. The van der Waals surface area contributed by atoms with E-state index < -0.39 is 40.8 Å². The van der Waals surface area contributed by atoms with Gasteiger partial charge in [0.15, 0.2) is 23.0 Å². The number of benzene rings is 2. The highest BCUT2D eigenvalue weighted by atomic mass is 19.2. The maximum atomic E-state index is 15.0. The van der Waals surface area contributed by atoms with E-state index in [1.165, 1.54) is 21.8 Å². The van der Waals surface area contributed by atoms with Crippen LogP contribution in [-0.4, -0.2) is 39.9 Å². The van der Waals surface area contributed by atoms with E-state index in [1.54, 1.807) is 24.1 Å². The number of aromatic hydroxyl groups is 1. The standard InChI is InChI=1S/C25H21F2N3O4/c1-15-6-5-13-34-24-17(9-10-18(26)20(24)27)21(16-7-3-2-4-8-16)30-14-28(15)25(33)22-23(32)19(31)11-12-29(22)30/h2-12,15,21,32H,13-14H2,1H3/b6-5+/t15-,21-/m0/s1. The Morgan fingerprint density at radius 3 is 2.59 bits per heavy atom. The fourth-order valence-electron chi connectivity index (χ4n) is 4.42. The average molecular weight is 465 g/mol. The minimum absolute atomic E-state index is 0.0393. The number of carbonyl (C=O) groups is 1. The molecule has 2 bridgehead atoms. The summed E-state index contributed by atoms with van der Waals surface area (Å²) in [4.78, 5) is 27.1. The molecular weight excluding hydrogens is 444 g/mol. The lowest BCUT2D eigenvalue weighted by Gasteiger charge is -2.45. The second-order valence-electron chi connectivity index (χ2n) is 8.15. The molecular formula is C25H21F2N3O4. The summed E-state index contributed by atoms with van der Waals surface area (Å²) in [5.41, 5.74) is 0.134. The van der Waals surface area contributed by atoms with Gasteiger partial charge in [0.05, 0.1) is 0 Å². The van der Waals surface area contributed by atoms with Gasteiger partial charge in [-0.25, -0.2) is 4.39 Å². The van der Waals surface area contributed by atoms with E-state index in [0.29, 0.717) is 11.1 Å². The first-order valence-corrected chi connectivity index (χ1v) is 10.7. The number of ether oxygens (including phenoxy) is 1. The van der Waals surface area contributed by atoms with Gasteiger partial charge in [0.2, 0.25) is 11.2 Å². The summed E-state index contributed by atoms with van der Waals surface area (Å²) >= 11 is 0. The number of pyridine rings is 1. The second-order valence-corrected chi connectivity index (χ2v) is 8.15. The number of halogens is 2. The summed E-state index contributed by atoms with van der Waals surface area (Å²) < 4.78 is 36.3. The molecule has 0 saturated heterocycles. The quantitative estimate of drug-likeness (QED) is 0.559. The van der Waals surface area contributed by atoms with Crippen LogP contribution in [0.4, 0.5) is 8.78 Å². The third kappa shape index (κ3) is 3.40. The van der Waals surface area contributed by atoms with Gasteiger partial charge in [-0.3, -0.25) is 19.3 Å². The topological polar surface area (TPSA) is 75.0 Å². The highest BCUT2D eigenvalue weighted by Gasteiger charge is 2.39. The van der Waals surface area contributed by atoms with Crippen LogP contribution in [0.1, 0.15) is 34.6 Å². The Balaban J connectivity index is 1.84. The highest BCUT2D eigenvalue weighted by molar-refractivity contribution is 5.96. The predicted octanol–water partition coefficient (Wildman–Crippen LogP) is 3.31. The van der Waals surface area contributed by atoms with Gasteiger partial charge >= 0.3 is 0 Å². The van der Waals surface area contributed by atoms with E-state index in [2.05, 4.69) is 0 Å². The van der Waals surface area contributed by atoms with E-state index in [-0.39, 0.29) is 24.7 Å². The maximum absolute atomic E-state index is 15.0. The molecule has 5 rings (SSSR count). The summed E-state index contributed by atoms with van der Waals surface area (Å²) in [7, 11) is 0.